The van der Waals surface area contributed by atoms with Crippen LogP contribution in [0.25, 0.3) is 0 Å². The van der Waals surface area contributed by atoms with Crippen molar-refractivity contribution < 1.29 is 0 Å². The molecule has 0 amide bonds. The van der Waals surface area contributed by atoms with Gasteiger partial charge < -0.3 is 5.73 Å². The standard InChI is InChI=1S/C16H34N2/c1-7-14(17)15(16(3,4)5)18(6)13-10-8-12(2)9-11-13/h12-15H,7-11,17H2,1-6H3. The Bertz CT molecular complexity index is 236. The molecule has 18 heavy (non-hydrogen) atoms. The summed E-state index contributed by atoms with van der Waals surface area (Å²) in [5, 5.41) is 0. The van der Waals surface area contributed by atoms with Gasteiger partial charge in [0.2, 0.25) is 0 Å². The lowest BCUT2D eigenvalue weighted by molar-refractivity contribution is 0.0426. The van der Waals surface area contributed by atoms with E-state index in [9.17, 15) is 0 Å². The highest BCUT2D eigenvalue weighted by Gasteiger charge is 2.36. The van der Waals surface area contributed by atoms with Gasteiger partial charge in [-0.05, 0) is 50.5 Å². The number of hydrogen-bond acceptors (Lipinski definition) is 2. The summed E-state index contributed by atoms with van der Waals surface area (Å²) in [6.45, 7) is 11.6. The van der Waals surface area contributed by atoms with Gasteiger partial charge in [0.1, 0.15) is 0 Å². The molecule has 1 saturated carbocycles. The molecule has 2 heteroatoms. The molecule has 0 aromatic carbocycles. The lowest BCUT2D eigenvalue weighted by Gasteiger charge is -2.46. The molecule has 2 unspecified atom stereocenters. The number of nitrogens with zero attached hydrogens (tertiary/aromatic N) is 1. The van der Waals surface area contributed by atoms with E-state index in [2.05, 4.69) is 46.6 Å². The Morgan fingerprint density at radius 3 is 2.06 bits per heavy atom. The quantitative estimate of drug-likeness (QED) is 0.830. The van der Waals surface area contributed by atoms with Crippen LogP contribution in [0.15, 0.2) is 0 Å². The first kappa shape index (κ1) is 16.0. The Kier molecular flexibility index (Phi) is 5.67. The minimum atomic E-state index is 0.257. The first-order chi connectivity index (χ1) is 8.27. The molecule has 2 N–H and O–H groups in total. The molecular formula is C16H34N2. The van der Waals surface area contributed by atoms with Crippen LogP contribution >= 0.6 is 0 Å². The zero-order valence-corrected chi connectivity index (χ0v) is 13.4. The highest BCUT2D eigenvalue weighted by Crippen LogP contribution is 2.33. The van der Waals surface area contributed by atoms with Gasteiger partial charge in [-0.3, -0.25) is 4.90 Å². The lowest BCUT2D eigenvalue weighted by atomic mass is 9.78. The highest BCUT2D eigenvalue weighted by molar-refractivity contribution is 4.93. The summed E-state index contributed by atoms with van der Waals surface area (Å²) >= 11 is 0. The van der Waals surface area contributed by atoms with E-state index in [1.165, 1.54) is 25.7 Å². The third-order valence-corrected chi connectivity index (χ3v) is 4.76. The average Bonchev–Trinajstić information content (AvgIpc) is 2.27. The number of nitrogens with two attached hydrogens (primary N) is 1. The smallest absolute Gasteiger partial charge is 0.0295 e. The fourth-order valence-electron chi connectivity index (χ4n) is 3.66. The molecule has 0 spiro atoms. The number of rotatable bonds is 4. The molecule has 0 radical (unpaired) electrons. The van der Waals surface area contributed by atoms with Crippen LogP contribution in [-0.4, -0.2) is 30.1 Å². The van der Waals surface area contributed by atoms with Gasteiger partial charge in [0.05, 0.1) is 0 Å². The van der Waals surface area contributed by atoms with Crippen molar-refractivity contribution in [1.82, 2.24) is 4.90 Å². The van der Waals surface area contributed by atoms with Crippen molar-refractivity contribution in [1.29, 1.82) is 0 Å². The van der Waals surface area contributed by atoms with Crippen molar-refractivity contribution in [2.75, 3.05) is 7.05 Å². The van der Waals surface area contributed by atoms with Crippen LogP contribution in [0.4, 0.5) is 0 Å². The maximum absolute atomic E-state index is 6.40. The monoisotopic (exact) mass is 254 g/mol. The molecule has 1 aliphatic rings. The summed E-state index contributed by atoms with van der Waals surface area (Å²) in [6.07, 6.45) is 6.53. The van der Waals surface area contributed by atoms with Crippen molar-refractivity contribution >= 4 is 0 Å². The molecule has 1 fully saturated rings. The molecule has 1 rings (SSSR count). The highest BCUT2D eigenvalue weighted by atomic mass is 15.2. The van der Waals surface area contributed by atoms with E-state index in [4.69, 9.17) is 5.73 Å². The van der Waals surface area contributed by atoms with Crippen LogP contribution in [0.5, 0.6) is 0 Å². The van der Waals surface area contributed by atoms with Gasteiger partial charge >= 0.3 is 0 Å². The molecule has 108 valence electrons. The van der Waals surface area contributed by atoms with Crippen LogP contribution in [-0.2, 0) is 0 Å². The molecule has 0 aromatic heterocycles. The first-order valence-corrected chi connectivity index (χ1v) is 7.74. The topological polar surface area (TPSA) is 29.3 Å². The minimum Gasteiger partial charge on any atom is -0.326 e. The second-order valence-electron chi connectivity index (χ2n) is 7.46. The second kappa shape index (κ2) is 6.38. The van der Waals surface area contributed by atoms with Gasteiger partial charge in [-0.25, -0.2) is 0 Å². The summed E-state index contributed by atoms with van der Waals surface area (Å²) in [5.74, 6) is 0.919. The number of hydrogen-bond donors (Lipinski definition) is 1. The Morgan fingerprint density at radius 2 is 1.67 bits per heavy atom. The molecule has 1 aliphatic carbocycles. The Labute approximate surface area is 114 Å². The van der Waals surface area contributed by atoms with Crippen molar-refractivity contribution in [2.45, 2.75) is 84.8 Å². The van der Waals surface area contributed by atoms with Crippen LogP contribution in [0.3, 0.4) is 0 Å². The number of likely N-dealkylation sites (N-methyl/N-ethyl adjacent to an activating group) is 1. The van der Waals surface area contributed by atoms with Crippen molar-refractivity contribution in [3.63, 3.8) is 0 Å². The largest absolute Gasteiger partial charge is 0.326 e. The molecule has 2 atom stereocenters. The second-order valence-corrected chi connectivity index (χ2v) is 7.46. The minimum absolute atomic E-state index is 0.257. The van der Waals surface area contributed by atoms with Gasteiger partial charge in [-0.1, -0.05) is 34.6 Å². The summed E-state index contributed by atoms with van der Waals surface area (Å²) in [7, 11) is 2.30. The van der Waals surface area contributed by atoms with Gasteiger partial charge in [-0.15, -0.1) is 0 Å². The van der Waals surface area contributed by atoms with Crippen LogP contribution in [0.2, 0.25) is 0 Å². The van der Waals surface area contributed by atoms with Crippen molar-refractivity contribution in [3.8, 4) is 0 Å². The predicted molar refractivity (Wildman–Crippen MR) is 80.7 cm³/mol. The van der Waals surface area contributed by atoms with E-state index >= 15 is 0 Å². The molecule has 0 heterocycles. The molecule has 0 aromatic rings. The molecule has 0 bridgehead atoms. The maximum atomic E-state index is 6.40. The fraction of sp³-hybridized carbons (Fsp3) is 1.00. The summed E-state index contributed by atoms with van der Waals surface area (Å²) in [6, 6.07) is 1.51. The zero-order chi connectivity index (χ0) is 13.9. The van der Waals surface area contributed by atoms with E-state index in [1.54, 1.807) is 0 Å². The van der Waals surface area contributed by atoms with E-state index in [0.29, 0.717) is 6.04 Å². The van der Waals surface area contributed by atoms with Crippen molar-refractivity contribution in [2.24, 2.45) is 17.1 Å². The molecular weight excluding hydrogens is 220 g/mol. The van der Waals surface area contributed by atoms with E-state index in [0.717, 1.165) is 18.4 Å². The summed E-state index contributed by atoms with van der Waals surface area (Å²) in [5.41, 5.74) is 6.65. The third-order valence-electron chi connectivity index (χ3n) is 4.76. The molecule has 0 aliphatic heterocycles. The average molecular weight is 254 g/mol. The Morgan fingerprint density at radius 1 is 1.17 bits per heavy atom. The van der Waals surface area contributed by atoms with Gasteiger partial charge in [0, 0.05) is 18.1 Å². The van der Waals surface area contributed by atoms with Crippen LogP contribution < -0.4 is 5.73 Å². The SMILES string of the molecule is CCC(N)C(N(C)C1CCC(C)CC1)C(C)(C)C. The third kappa shape index (κ3) is 3.96. The zero-order valence-electron chi connectivity index (χ0n) is 13.4. The molecule has 2 nitrogen and oxygen atoms in total. The summed E-state index contributed by atoms with van der Waals surface area (Å²) < 4.78 is 0. The van der Waals surface area contributed by atoms with Gasteiger partial charge in [0.15, 0.2) is 0 Å². The Hall–Kier alpha value is -0.0800. The maximum Gasteiger partial charge on any atom is 0.0295 e. The van der Waals surface area contributed by atoms with Crippen molar-refractivity contribution in [3.05, 3.63) is 0 Å². The molecule has 0 saturated heterocycles. The van der Waals surface area contributed by atoms with E-state index < -0.39 is 0 Å². The van der Waals surface area contributed by atoms with Gasteiger partial charge in [0.25, 0.3) is 0 Å². The first-order valence-electron chi connectivity index (χ1n) is 7.74. The summed E-state index contributed by atoms with van der Waals surface area (Å²) in [4.78, 5) is 2.60. The van der Waals surface area contributed by atoms with E-state index in [1.807, 2.05) is 0 Å². The lowest BCUT2D eigenvalue weighted by Crippen LogP contribution is -2.56. The van der Waals surface area contributed by atoms with Crippen LogP contribution in [0, 0.1) is 11.3 Å². The van der Waals surface area contributed by atoms with Crippen LogP contribution in [0.1, 0.15) is 66.7 Å². The normalized spacial score (nSPS) is 29.3. The van der Waals surface area contributed by atoms with E-state index in [-0.39, 0.29) is 11.5 Å². The van der Waals surface area contributed by atoms with Gasteiger partial charge in [-0.2, -0.15) is 0 Å². The fourth-order valence-corrected chi connectivity index (χ4v) is 3.66. The predicted octanol–water partition coefficient (Wildman–Crippen LogP) is 3.65. The Balaban J connectivity index is 2.73.